The van der Waals surface area contributed by atoms with E-state index in [1.807, 2.05) is 37.3 Å². The Morgan fingerprint density at radius 1 is 1.08 bits per heavy atom. The van der Waals surface area contributed by atoms with E-state index >= 15 is 0 Å². The van der Waals surface area contributed by atoms with Crippen LogP contribution in [0.4, 0.5) is 5.69 Å². The summed E-state index contributed by atoms with van der Waals surface area (Å²) in [5, 5.41) is 2.86. The molecule has 2 rings (SSSR count). The molecule has 0 bridgehead atoms. The minimum Gasteiger partial charge on any atom is -0.345 e. The zero-order valence-corrected chi connectivity index (χ0v) is 14.2. The van der Waals surface area contributed by atoms with Crippen LogP contribution in [0, 0.1) is 6.92 Å². The van der Waals surface area contributed by atoms with Crippen molar-refractivity contribution < 1.29 is 9.59 Å². The number of hydrogen-bond donors (Lipinski definition) is 2. The predicted octanol–water partition coefficient (Wildman–Crippen LogP) is 2.73. The van der Waals surface area contributed by atoms with Gasteiger partial charge in [-0.05, 0) is 30.2 Å². The fraction of sp³-hybridized carbons (Fsp3) is 0.263. The van der Waals surface area contributed by atoms with E-state index in [0.29, 0.717) is 11.3 Å². The molecule has 5 nitrogen and oxygen atoms in total. The second-order valence-electron chi connectivity index (χ2n) is 5.95. The molecule has 0 spiro atoms. The van der Waals surface area contributed by atoms with Crippen molar-refractivity contribution in [2.24, 2.45) is 5.73 Å². The molecule has 1 atom stereocenters. The Kier molecular flexibility index (Phi) is 5.71. The minimum atomic E-state index is -0.363. The van der Waals surface area contributed by atoms with Crippen molar-refractivity contribution >= 4 is 17.5 Å². The van der Waals surface area contributed by atoms with Gasteiger partial charge in [0.1, 0.15) is 0 Å². The maximum absolute atomic E-state index is 12.3. The molecule has 3 N–H and O–H groups in total. The van der Waals surface area contributed by atoms with Crippen LogP contribution < -0.4 is 11.1 Å². The molecular weight excluding hydrogens is 302 g/mol. The first-order chi connectivity index (χ1) is 11.4. The average molecular weight is 325 g/mol. The van der Waals surface area contributed by atoms with Crippen LogP contribution in [0.5, 0.6) is 0 Å². The van der Waals surface area contributed by atoms with E-state index in [1.54, 1.807) is 32.3 Å². The van der Waals surface area contributed by atoms with Gasteiger partial charge in [0.25, 0.3) is 5.91 Å². The molecule has 1 unspecified atom stereocenters. The van der Waals surface area contributed by atoms with Crippen molar-refractivity contribution in [2.75, 3.05) is 19.4 Å². The largest absolute Gasteiger partial charge is 0.345 e. The number of benzene rings is 2. The molecule has 0 radical (unpaired) electrons. The number of amides is 2. The minimum absolute atomic E-state index is 0.0930. The van der Waals surface area contributed by atoms with Crippen LogP contribution in [0.3, 0.4) is 0 Å². The molecule has 2 aromatic rings. The molecule has 0 heterocycles. The van der Waals surface area contributed by atoms with Crippen LogP contribution >= 0.6 is 0 Å². The third-order valence-electron chi connectivity index (χ3n) is 3.88. The molecule has 0 aromatic heterocycles. The van der Waals surface area contributed by atoms with Crippen LogP contribution in [-0.4, -0.2) is 30.8 Å². The molecule has 0 saturated carbocycles. The van der Waals surface area contributed by atoms with E-state index in [4.69, 9.17) is 5.73 Å². The van der Waals surface area contributed by atoms with Gasteiger partial charge in [-0.3, -0.25) is 9.59 Å². The zero-order chi connectivity index (χ0) is 17.7. The van der Waals surface area contributed by atoms with Gasteiger partial charge in [0.2, 0.25) is 5.91 Å². The summed E-state index contributed by atoms with van der Waals surface area (Å²) in [6, 6.07) is 14.4. The first-order valence-corrected chi connectivity index (χ1v) is 7.81. The second kappa shape index (κ2) is 7.75. The lowest BCUT2D eigenvalue weighted by atomic mass is 10.0. The van der Waals surface area contributed by atoms with Crippen molar-refractivity contribution in [2.45, 2.75) is 19.4 Å². The number of carbonyl (C=O) groups is 2. The molecule has 0 aliphatic heterocycles. The fourth-order valence-corrected chi connectivity index (χ4v) is 2.46. The molecule has 24 heavy (non-hydrogen) atoms. The molecule has 0 aliphatic carbocycles. The molecule has 0 fully saturated rings. The van der Waals surface area contributed by atoms with Crippen molar-refractivity contribution in [1.82, 2.24) is 4.90 Å². The van der Waals surface area contributed by atoms with Gasteiger partial charge in [-0.25, -0.2) is 0 Å². The van der Waals surface area contributed by atoms with Gasteiger partial charge >= 0.3 is 0 Å². The standard InChI is InChI=1S/C19H23N3O2/c1-13-15(19(24)22(2)3)10-7-11-17(13)21-18(23)12-16(20)14-8-5-4-6-9-14/h4-11,16H,12,20H2,1-3H3,(H,21,23). The summed E-state index contributed by atoms with van der Waals surface area (Å²) < 4.78 is 0. The zero-order valence-electron chi connectivity index (χ0n) is 14.2. The molecule has 2 amide bonds. The fourth-order valence-electron chi connectivity index (χ4n) is 2.46. The first kappa shape index (κ1) is 17.7. The second-order valence-corrected chi connectivity index (χ2v) is 5.95. The Balaban J connectivity index is 2.09. The van der Waals surface area contributed by atoms with Gasteiger partial charge < -0.3 is 16.0 Å². The number of carbonyl (C=O) groups excluding carboxylic acids is 2. The van der Waals surface area contributed by atoms with E-state index in [2.05, 4.69) is 5.32 Å². The van der Waals surface area contributed by atoms with Crippen LogP contribution in [0.2, 0.25) is 0 Å². The Bertz CT molecular complexity index is 727. The molecular formula is C19H23N3O2. The van der Waals surface area contributed by atoms with Gasteiger partial charge in [0, 0.05) is 37.8 Å². The van der Waals surface area contributed by atoms with Crippen molar-refractivity contribution in [3.8, 4) is 0 Å². The van der Waals surface area contributed by atoms with E-state index in [9.17, 15) is 9.59 Å². The van der Waals surface area contributed by atoms with E-state index < -0.39 is 0 Å². The molecule has 5 heteroatoms. The van der Waals surface area contributed by atoms with E-state index in [-0.39, 0.29) is 24.3 Å². The summed E-state index contributed by atoms with van der Waals surface area (Å²) >= 11 is 0. The van der Waals surface area contributed by atoms with Gasteiger partial charge in [-0.2, -0.15) is 0 Å². The van der Waals surface area contributed by atoms with Crippen molar-refractivity contribution in [3.63, 3.8) is 0 Å². The summed E-state index contributed by atoms with van der Waals surface area (Å²) in [7, 11) is 3.40. The van der Waals surface area contributed by atoms with Crippen LogP contribution in [0.15, 0.2) is 48.5 Å². The predicted molar refractivity (Wildman–Crippen MR) is 95.8 cm³/mol. The number of nitrogens with zero attached hydrogens (tertiary/aromatic N) is 1. The Hall–Kier alpha value is -2.66. The van der Waals surface area contributed by atoms with E-state index in [0.717, 1.165) is 11.1 Å². The number of hydrogen-bond acceptors (Lipinski definition) is 3. The lowest BCUT2D eigenvalue weighted by Gasteiger charge is -2.16. The topological polar surface area (TPSA) is 75.4 Å². The Labute approximate surface area is 142 Å². The summed E-state index contributed by atoms with van der Waals surface area (Å²) in [4.78, 5) is 25.9. The summed E-state index contributed by atoms with van der Waals surface area (Å²) in [5.41, 5.74) is 8.96. The number of anilines is 1. The summed E-state index contributed by atoms with van der Waals surface area (Å²) in [6.45, 7) is 1.82. The highest BCUT2D eigenvalue weighted by atomic mass is 16.2. The van der Waals surface area contributed by atoms with Crippen molar-refractivity contribution in [3.05, 3.63) is 65.2 Å². The summed E-state index contributed by atoms with van der Waals surface area (Å²) in [6.07, 6.45) is 0.176. The normalized spacial score (nSPS) is 11.7. The number of rotatable bonds is 5. The van der Waals surface area contributed by atoms with Gasteiger partial charge in [0.15, 0.2) is 0 Å². The smallest absolute Gasteiger partial charge is 0.253 e. The maximum atomic E-state index is 12.3. The maximum Gasteiger partial charge on any atom is 0.253 e. The molecule has 126 valence electrons. The number of nitrogens with two attached hydrogens (primary N) is 1. The SMILES string of the molecule is Cc1c(NC(=O)CC(N)c2ccccc2)cccc1C(=O)N(C)C. The third kappa shape index (κ3) is 4.20. The lowest BCUT2D eigenvalue weighted by molar-refractivity contribution is -0.116. The monoisotopic (exact) mass is 325 g/mol. The summed E-state index contributed by atoms with van der Waals surface area (Å²) in [5.74, 6) is -0.270. The molecule has 0 saturated heterocycles. The lowest BCUT2D eigenvalue weighted by Crippen LogP contribution is -2.24. The quantitative estimate of drug-likeness (QED) is 0.887. The molecule has 0 aliphatic rings. The Morgan fingerprint density at radius 2 is 1.75 bits per heavy atom. The van der Waals surface area contributed by atoms with Crippen LogP contribution in [-0.2, 0) is 4.79 Å². The number of nitrogens with one attached hydrogen (secondary N) is 1. The van der Waals surface area contributed by atoms with Crippen LogP contribution in [0.25, 0.3) is 0 Å². The third-order valence-corrected chi connectivity index (χ3v) is 3.88. The van der Waals surface area contributed by atoms with Gasteiger partial charge in [-0.15, -0.1) is 0 Å². The highest BCUT2D eigenvalue weighted by Gasteiger charge is 2.16. The van der Waals surface area contributed by atoms with E-state index in [1.165, 1.54) is 4.90 Å². The highest BCUT2D eigenvalue weighted by molar-refractivity contribution is 5.99. The first-order valence-electron chi connectivity index (χ1n) is 7.81. The van der Waals surface area contributed by atoms with Crippen molar-refractivity contribution in [1.29, 1.82) is 0 Å². The molecule has 2 aromatic carbocycles. The highest BCUT2D eigenvalue weighted by Crippen LogP contribution is 2.21. The van der Waals surface area contributed by atoms with Gasteiger partial charge in [0.05, 0.1) is 0 Å². The van der Waals surface area contributed by atoms with Gasteiger partial charge in [-0.1, -0.05) is 36.4 Å². The Morgan fingerprint density at radius 3 is 2.38 bits per heavy atom. The van der Waals surface area contributed by atoms with Crippen LogP contribution in [0.1, 0.15) is 33.9 Å². The average Bonchev–Trinajstić information content (AvgIpc) is 2.56.